The van der Waals surface area contributed by atoms with Gasteiger partial charge in [0.15, 0.2) is 5.96 Å². The smallest absolute Gasteiger partial charge is 0.191 e. The zero-order valence-electron chi connectivity index (χ0n) is 18.3. The predicted molar refractivity (Wildman–Crippen MR) is 134 cm³/mol. The molecule has 1 saturated heterocycles. The van der Waals surface area contributed by atoms with E-state index in [4.69, 9.17) is 4.74 Å². The lowest BCUT2D eigenvalue weighted by Crippen LogP contribution is -2.48. The van der Waals surface area contributed by atoms with Gasteiger partial charge in [0.25, 0.3) is 0 Å². The van der Waals surface area contributed by atoms with Gasteiger partial charge in [-0.2, -0.15) is 0 Å². The molecule has 1 aliphatic heterocycles. The van der Waals surface area contributed by atoms with Crippen molar-refractivity contribution < 1.29 is 9.84 Å². The van der Waals surface area contributed by atoms with E-state index in [1.165, 1.54) is 22.0 Å². The van der Waals surface area contributed by atoms with Gasteiger partial charge in [0.2, 0.25) is 0 Å². The fourth-order valence-corrected chi connectivity index (χ4v) is 3.85. The molecule has 1 aliphatic rings. The number of β-amino-alcohol motifs (C(OH)–C–C–N with tert-alkyl or cyclic N) is 1. The number of morpholine rings is 1. The van der Waals surface area contributed by atoms with Gasteiger partial charge in [-0.25, -0.2) is 0 Å². The van der Waals surface area contributed by atoms with Crippen molar-refractivity contribution in [2.75, 3.05) is 52.5 Å². The Morgan fingerprint density at radius 3 is 2.80 bits per heavy atom. The van der Waals surface area contributed by atoms with Gasteiger partial charge in [0, 0.05) is 49.8 Å². The lowest BCUT2D eigenvalue weighted by molar-refractivity contribution is -0.0179. The number of aryl methyl sites for hydroxylation is 1. The first kappa shape index (κ1) is 24.9. The van der Waals surface area contributed by atoms with Crippen LogP contribution in [-0.2, 0) is 11.2 Å². The second kappa shape index (κ2) is 11.9. The molecule has 0 amide bonds. The van der Waals surface area contributed by atoms with Crippen LogP contribution in [-0.4, -0.2) is 79.0 Å². The summed E-state index contributed by atoms with van der Waals surface area (Å²) < 4.78 is 5.38. The van der Waals surface area contributed by atoms with Gasteiger partial charge < -0.3 is 25.5 Å². The summed E-state index contributed by atoms with van der Waals surface area (Å²) in [6.07, 6.45) is 3.00. The number of nitrogens with one attached hydrogen (secondary N) is 3. The molecule has 0 radical (unpaired) electrons. The summed E-state index contributed by atoms with van der Waals surface area (Å²) in [6, 6.07) is 6.34. The van der Waals surface area contributed by atoms with Crippen LogP contribution in [0.4, 0.5) is 0 Å². The number of fused-ring (bicyclic) bond motifs is 1. The van der Waals surface area contributed by atoms with E-state index in [0.717, 1.165) is 51.8 Å². The van der Waals surface area contributed by atoms with Crippen molar-refractivity contribution in [2.24, 2.45) is 4.99 Å². The molecule has 7 nitrogen and oxygen atoms in total. The number of rotatable bonds is 8. The van der Waals surface area contributed by atoms with Crippen LogP contribution in [0, 0.1) is 6.92 Å². The standard InChI is InChI=1S/C22H35N5O2.HI/c1-4-23-21(26-15-22(3,28)16-27-10-12-29-13-11-27)24-9-8-18-14-25-19-7-5-6-17(2)20(18)19;/h5-7,14,25,28H,4,8-13,15-16H2,1-3H3,(H2,23,24,26);1H. The normalized spacial score (nSPS) is 17.4. The van der Waals surface area contributed by atoms with E-state index >= 15 is 0 Å². The zero-order chi connectivity index (χ0) is 20.7. The summed E-state index contributed by atoms with van der Waals surface area (Å²) >= 11 is 0. The minimum Gasteiger partial charge on any atom is -0.387 e. The topological polar surface area (TPSA) is 84.9 Å². The van der Waals surface area contributed by atoms with Crippen molar-refractivity contribution in [3.05, 3.63) is 35.5 Å². The van der Waals surface area contributed by atoms with Crippen molar-refractivity contribution in [3.8, 4) is 0 Å². The minimum absolute atomic E-state index is 0. The average molecular weight is 529 g/mol. The number of benzene rings is 1. The molecule has 8 heteroatoms. The number of halogens is 1. The van der Waals surface area contributed by atoms with Gasteiger partial charge in [0.1, 0.15) is 0 Å². The SMILES string of the molecule is CCNC(=NCC(C)(O)CN1CCOCC1)NCCc1c[nH]c2cccc(C)c12.I. The molecule has 2 aromatic rings. The van der Waals surface area contributed by atoms with Crippen LogP contribution >= 0.6 is 24.0 Å². The molecule has 1 aromatic heterocycles. The summed E-state index contributed by atoms with van der Waals surface area (Å²) in [6.45, 7) is 11.8. The first-order chi connectivity index (χ1) is 14.0. The number of aromatic amines is 1. The molecule has 1 aromatic carbocycles. The third-order valence-electron chi connectivity index (χ3n) is 5.27. The Bertz CT molecular complexity index is 815. The minimum atomic E-state index is -0.867. The molecule has 0 saturated carbocycles. The van der Waals surface area contributed by atoms with Crippen LogP contribution in [0.15, 0.2) is 29.4 Å². The van der Waals surface area contributed by atoms with Gasteiger partial charge in [-0.1, -0.05) is 12.1 Å². The predicted octanol–water partition coefficient (Wildman–Crippen LogP) is 2.28. The lowest BCUT2D eigenvalue weighted by atomic mass is 10.1. The molecule has 2 heterocycles. The maximum atomic E-state index is 10.8. The molecule has 1 fully saturated rings. The highest BCUT2D eigenvalue weighted by molar-refractivity contribution is 14.0. The molecule has 0 bridgehead atoms. The molecule has 1 unspecified atom stereocenters. The van der Waals surface area contributed by atoms with Gasteiger partial charge in [-0.15, -0.1) is 24.0 Å². The number of hydrogen-bond acceptors (Lipinski definition) is 4. The largest absolute Gasteiger partial charge is 0.387 e. The maximum Gasteiger partial charge on any atom is 0.191 e. The Balaban J connectivity index is 0.00000320. The molecule has 30 heavy (non-hydrogen) atoms. The van der Waals surface area contributed by atoms with E-state index < -0.39 is 5.60 Å². The van der Waals surface area contributed by atoms with Crippen molar-refractivity contribution in [1.29, 1.82) is 0 Å². The van der Waals surface area contributed by atoms with Crippen molar-refractivity contribution >= 4 is 40.8 Å². The molecule has 0 spiro atoms. The number of hydrogen-bond donors (Lipinski definition) is 4. The summed E-state index contributed by atoms with van der Waals surface area (Å²) in [4.78, 5) is 10.2. The van der Waals surface area contributed by atoms with E-state index in [2.05, 4.69) is 56.8 Å². The van der Waals surface area contributed by atoms with Crippen LogP contribution in [0.2, 0.25) is 0 Å². The molecule has 4 N–H and O–H groups in total. The van der Waals surface area contributed by atoms with Crippen LogP contribution < -0.4 is 10.6 Å². The van der Waals surface area contributed by atoms with Crippen LogP contribution in [0.25, 0.3) is 10.9 Å². The Kier molecular flexibility index (Phi) is 9.86. The molecule has 1 atom stereocenters. The monoisotopic (exact) mass is 529 g/mol. The molecular weight excluding hydrogens is 493 g/mol. The molecular formula is C22H36IN5O2. The van der Waals surface area contributed by atoms with E-state index in [9.17, 15) is 5.11 Å². The van der Waals surface area contributed by atoms with E-state index in [0.29, 0.717) is 13.1 Å². The third-order valence-corrected chi connectivity index (χ3v) is 5.27. The summed E-state index contributed by atoms with van der Waals surface area (Å²) in [7, 11) is 0. The van der Waals surface area contributed by atoms with E-state index in [-0.39, 0.29) is 24.0 Å². The third kappa shape index (κ3) is 7.11. The molecule has 3 rings (SSSR count). The fraction of sp³-hybridized carbons (Fsp3) is 0.591. The van der Waals surface area contributed by atoms with Crippen molar-refractivity contribution in [3.63, 3.8) is 0 Å². The Morgan fingerprint density at radius 2 is 2.07 bits per heavy atom. The van der Waals surface area contributed by atoms with Gasteiger partial charge in [-0.05, 0) is 44.4 Å². The molecule has 168 valence electrons. The highest BCUT2D eigenvalue weighted by Crippen LogP contribution is 2.22. The maximum absolute atomic E-state index is 10.8. The van der Waals surface area contributed by atoms with Crippen molar-refractivity contribution in [2.45, 2.75) is 32.8 Å². The fourth-order valence-electron chi connectivity index (χ4n) is 3.85. The van der Waals surface area contributed by atoms with E-state index in [1.807, 2.05) is 13.8 Å². The first-order valence-electron chi connectivity index (χ1n) is 10.6. The number of nitrogens with zero attached hydrogens (tertiary/aromatic N) is 2. The second-order valence-corrected chi connectivity index (χ2v) is 8.07. The Morgan fingerprint density at radius 1 is 1.30 bits per heavy atom. The lowest BCUT2D eigenvalue weighted by Gasteiger charge is -2.33. The summed E-state index contributed by atoms with van der Waals surface area (Å²) in [5.41, 5.74) is 2.91. The number of aliphatic hydroxyl groups is 1. The summed E-state index contributed by atoms with van der Waals surface area (Å²) in [5, 5.41) is 18.7. The highest BCUT2D eigenvalue weighted by Gasteiger charge is 2.25. The van der Waals surface area contributed by atoms with Crippen LogP contribution in [0.5, 0.6) is 0 Å². The number of H-pyrrole nitrogens is 1. The quantitative estimate of drug-likeness (QED) is 0.240. The van der Waals surface area contributed by atoms with Crippen LogP contribution in [0.3, 0.4) is 0 Å². The first-order valence-corrected chi connectivity index (χ1v) is 10.6. The van der Waals surface area contributed by atoms with Gasteiger partial charge >= 0.3 is 0 Å². The average Bonchev–Trinajstić information content (AvgIpc) is 3.11. The Hall–Kier alpha value is -1.36. The highest BCUT2D eigenvalue weighted by atomic mass is 127. The number of guanidine groups is 1. The second-order valence-electron chi connectivity index (χ2n) is 8.07. The molecule has 0 aliphatic carbocycles. The van der Waals surface area contributed by atoms with E-state index in [1.54, 1.807) is 0 Å². The zero-order valence-corrected chi connectivity index (χ0v) is 20.7. The van der Waals surface area contributed by atoms with Gasteiger partial charge in [-0.3, -0.25) is 9.89 Å². The van der Waals surface area contributed by atoms with Crippen molar-refractivity contribution in [1.82, 2.24) is 20.5 Å². The van der Waals surface area contributed by atoms with Crippen LogP contribution in [0.1, 0.15) is 25.0 Å². The number of aromatic nitrogens is 1. The van der Waals surface area contributed by atoms with Gasteiger partial charge in [0.05, 0.1) is 25.4 Å². The number of aliphatic imine (C=N–C) groups is 1. The Labute approximate surface area is 196 Å². The number of ether oxygens (including phenoxy) is 1. The summed E-state index contributed by atoms with van der Waals surface area (Å²) in [5.74, 6) is 0.742.